The first kappa shape index (κ1) is 38.7. The minimum absolute atomic E-state index is 0.00972. The molecule has 6 aliphatic rings. The van der Waals surface area contributed by atoms with E-state index < -0.39 is 10.8 Å². The van der Waals surface area contributed by atoms with E-state index in [1.807, 2.05) is 0 Å². The lowest BCUT2D eigenvalue weighted by Crippen LogP contribution is -2.63. The number of esters is 1. The fourth-order valence-corrected chi connectivity index (χ4v) is 12.6. The fraction of sp³-hybridized carbons (Fsp3) is 0.829. The second-order valence-corrected chi connectivity index (χ2v) is 18.8. The van der Waals surface area contributed by atoms with Crippen LogP contribution in [0.25, 0.3) is 0 Å². The Bertz CT molecular complexity index is 1430. The summed E-state index contributed by atoms with van der Waals surface area (Å²) in [6, 6.07) is 0. The molecule has 2 amide bonds. The maximum atomic E-state index is 14.6. The lowest BCUT2D eigenvalue weighted by molar-refractivity contribution is -0.213. The van der Waals surface area contributed by atoms with Gasteiger partial charge in [0.15, 0.2) is 5.78 Å². The zero-order valence-electron chi connectivity index (χ0n) is 32.5. The number of aliphatic hydroxyl groups is 1. The number of rotatable bonds is 6. The van der Waals surface area contributed by atoms with E-state index in [-0.39, 0.29) is 77.1 Å². The van der Waals surface area contributed by atoms with Gasteiger partial charge in [-0.25, -0.2) is 0 Å². The van der Waals surface area contributed by atoms with E-state index in [2.05, 4.69) is 41.5 Å². The summed E-state index contributed by atoms with van der Waals surface area (Å²) in [5, 5.41) is 7.00. The molecule has 4 saturated carbocycles. The molecule has 8 atom stereocenters. The number of hydrogen-bond acceptors (Lipinski definition) is 7. The lowest BCUT2D eigenvalue weighted by Gasteiger charge is -2.68. The van der Waals surface area contributed by atoms with Crippen LogP contribution in [0.3, 0.4) is 0 Å². The molecule has 1 heterocycles. The van der Waals surface area contributed by atoms with Gasteiger partial charge in [0.2, 0.25) is 11.8 Å². The van der Waals surface area contributed by atoms with Crippen LogP contribution in [0.5, 0.6) is 0 Å². The Morgan fingerprint density at radius 3 is 2.22 bits per heavy atom. The maximum absolute atomic E-state index is 14.6. The summed E-state index contributed by atoms with van der Waals surface area (Å²) in [5.74, 6) is 1.43. The van der Waals surface area contributed by atoms with Crippen LogP contribution in [0.2, 0.25) is 0 Å². The van der Waals surface area contributed by atoms with Gasteiger partial charge in [0.05, 0.1) is 18.4 Å². The van der Waals surface area contributed by atoms with Crippen LogP contribution < -0.4 is 0 Å². The molecule has 0 aromatic rings. The highest BCUT2D eigenvalue weighted by molar-refractivity contribution is 6.07. The first-order valence-electron chi connectivity index (χ1n) is 19.2. The monoisotopic (exact) mass is 696 g/mol. The summed E-state index contributed by atoms with van der Waals surface area (Å²) >= 11 is 0. The maximum Gasteiger partial charge on any atom is 0.307 e. The van der Waals surface area contributed by atoms with Crippen LogP contribution in [0, 0.1) is 56.7 Å². The van der Waals surface area contributed by atoms with Crippen molar-refractivity contribution >= 4 is 29.9 Å². The van der Waals surface area contributed by atoms with E-state index >= 15 is 0 Å². The highest BCUT2D eigenvalue weighted by Crippen LogP contribution is 2.73. The van der Waals surface area contributed by atoms with Crippen molar-refractivity contribution in [3.8, 4) is 0 Å². The Kier molecular flexibility index (Phi) is 10.4. The smallest absolute Gasteiger partial charge is 0.307 e. The van der Waals surface area contributed by atoms with Gasteiger partial charge in [0.1, 0.15) is 12.4 Å². The predicted molar refractivity (Wildman–Crippen MR) is 192 cm³/mol. The summed E-state index contributed by atoms with van der Waals surface area (Å²) in [4.78, 5) is 69.1. The first-order valence-corrected chi connectivity index (χ1v) is 19.2. The number of carbonyl (C=O) groups excluding carboxylic acids is 5. The second kappa shape index (κ2) is 13.5. The molecule has 6 unspecified atom stereocenters. The molecule has 280 valence electrons. The molecule has 9 nitrogen and oxygen atoms in total. The second-order valence-electron chi connectivity index (χ2n) is 18.8. The number of ketones is 1. The number of allylic oxidation sites excluding steroid dienone is 1. The van der Waals surface area contributed by atoms with Crippen LogP contribution in [0.4, 0.5) is 0 Å². The van der Waals surface area contributed by atoms with Crippen LogP contribution in [0.15, 0.2) is 11.1 Å². The zero-order chi connectivity index (χ0) is 37.2. The molecule has 0 aromatic heterocycles. The molecular formula is C41H64N2O7. The van der Waals surface area contributed by atoms with Crippen LogP contribution in [-0.4, -0.2) is 84.7 Å². The summed E-state index contributed by atoms with van der Waals surface area (Å²) in [5.41, 5.74) is 0.512. The molecule has 9 heteroatoms. The number of Topliss-reactive ketones (excluding diaryl/α,β-unsaturated/α-hetero) is 1. The van der Waals surface area contributed by atoms with E-state index in [0.29, 0.717) is 37.3 Å². The molecule has 1 aliphatic heterocycles. The number of carbonyl (C=O) groups is 5. The van der Waals surface area contributed by atoms with Crippen molar-refractivity contribution in [2.75, 3.05) is 33.8 Å². The van der Waals surface area contributed by atoms with Crippen molar-refractivity contribution in [2.45, 2.75) is 126 Å². The fourth-order valence-electron chi connectivity index (χ4n) is 12.6. The van der Waals surface area contributed by atoms with E-state index in [1.54, 1.807) is 30.7 Å². The number of amides is 2. The Labute approximate surface area is 300 Å². The minimum atomic E-state index is -0.805. The van der Waals surface area contributed by atoms with Gasteiger partial charge >= 0.3 is 5.97 Å². The van der Waals surface area contributed by atoms with Crippen LogP contribution in [-0.2, 0) is 28.7 Å². The third kappa shape index (κ3) is 5.99. The van der Waals surface area contributed by atoms with Gasteiger partial charge in [-0.1, -0.05) is 55.4 Å². The number of piperazine rings is 1. The number of nitrogens with zero attached hydrogens (tertiary/aromatic N) is 2. The van der Waals surface area contributed by atoms with Crippen molar-refractivity contribution in [1.29, 1.82) is 0 Å². The molecule has 0 spiro atoms. The van der Waals surface area contributed by atoms with Crippen molar-refractivity contribution in [1.82, 2.24) is 9.80 Å². The Morgan fingerprint density at radius 1 is 0.940 bits per heavy atom. The molecule has 50 heavy (non-hydrogen) atoms. The van der Waals surface area contributed by atoms with E-state index in [9.17, 15) is 24.0 Å². The van der Waals surface area contributed by atoms with Gasteiger partial charge in [0.25, 0.3) is 0 Å². The third-order valence-corrected chi connectivity index (χ3v) is 14.9. The molecule has 5 aliphatic carbocycles. The molecular weight excluding hydrogens is 632 g/mol. The highest BCUT2D eigenvalue weighted by atomic mass is 16.5. The SMILES string of the molecule is CC(C)C1=C2C3CCC4C(C)(CCC5C4(C)CC[C@H](OC(=O)CC(C)(C)C=O)C5(C)C)C3CC[C@@]2(C(=O)N2CCN(C)C(=O)C2)CC1=O.CO. The summed E-state index contributed by atoms with van der Waals surface area (Å²) < 4.78 is 6.18. The summed E-state index contributed by atoms with van der Waals surface area (Å²) in [6.45, 7) is 18.5. The van der Waals surface area contributed by atoms with Crippen molar-refractivity contribution in [2.24, 2.45) is 56.7 Å². The molecule has 1 N–H and O–H groups in total. The minimum Gasteiger partial charge on any atom is -0.462 e. The molecule has 1 saturated heterocycles. The van der Waals surface area contributed by atoms with E-state index in [4.69, 9.17) is 9.84 Å². The Hall–Kier alpha value is -2.55. The standard InChI is InChI=1S/C40H60N2O6.CH4O/c1-24(2)33-27(44)20-40(35(47)42-19-18-41(9)31(45)22-42)17-12-26-25(34(33)40)10-11-29-38(26,7)15-13-28-37(5,6)30(14-16-39(28,29)8)48-32(46)21-36(3,4)23-43;1-2/h23-26,28-30H,10-22H2,1-9H3;2H,1H3/t25?,26?,28?,29?,30-,38?,39?,40+;/m0./s1. The van der Waals surface area contributed by atoms with Gasteiger partial charge in [-0.3, -0.25) is 19.2 Å². The number of aldehydes is 1. The number of fused-ring (bicyclic) bond motifs is 7. The third-order valence-electron chi connectivity index (χ3n) is 14.9. The zero-order valence-corrected chi connectivity index (χ0v) is 32.5. The molecule has 5 fully saturated rings. The van der Waals surface area contributed by atoms with Gasteiger partial charge in [-0.15, -0.1) is 0 Å². The summed E-state index contributed by atoms with van der Waals surface area (Å²) in [7, 11) is 2.79. The molecule has 0 aromatic carbocycles. The number of hydrogen-bond donors (Lipinski definition) is 1. The lowest BCUT2D eigenvalue weighted by atomic mass is 9.36. The largest absolute Gasteiger partial charge is 0.462 e. The average molecular weight is 697 g/mol. The van der Waals surface area contributed by atoms with Crippen LogP contribution in [0.1, 0.15) is 120 Å². The Balaban J connectivity index is 0.00000239. The topological polar surface area (TPSA) is 121 Å². The number of ether oxygens (including phenoxy) is 1. The van der Waals surface area contributed by atoms with Gasteiger partial charge in [-0.2, -0.15) is 0 Å². The van der Waals surface area contributed by atoms with Gasteiger partial charge in [0, 0.05) is 44.5 Å². The average Bonchev–Trinajstić information content (AvgIpc) is 3.37. The van der Waals surface area contributed by atoms with Crippen molar-refractivity contribution in [3.63, 3.8) is 0 Å². The van der Waals surface area contributed by atoms with Crippen molar-refractivity contribution < 1.29 is 33.8 Å². The quantitative estimate of drug-likeness (QED) is 0.267. The molecule has 6 rings (SSSR count). The van der Waals surface area contributed by atoms with Crippen molar-refractivity contribution in [3.05, 3.63) is 11.1 Å². The van der Waals surface area contributed by atoms with E-state index in [0.717, 1.165) is 69.5 Å². The molecule has 0 bridgehead atoms. The molecule has 0 radical (unpaired) electrons. The van der Waals surface area contributed by atoms with Crippen LogP contribution >= 0.6 is 0 Å². The summed E-state index contributed by atoms with van der Waals surface area (Å²) in [6.07, 6.45) is 8.70. The predicted octanol–water partition coefficient (Wildman–Crippen LogP) is 6.01. The first-order chi connectivity index (χ1) is 23.3. The number of aliphatic hydroxyl groups excluding tert-OH is 1. The van der Waals surface area contributed by atoms with Gasteiger partial charge in [-0.05, 0) is 103 Å². The normalized spacial score (nSPS) is 38.0. The van der Waals surface area contributed by atoms with E-state index in [1.165, 1.54) is 0 Å². The Morgan fingerprint density at radius 2 is 1.60 bits per heavy atom. The number of likely N-dealkylation sites (N-methyl/N-ethyl adjacent to an activating group) is 1. The van der Waals surface area contributed by atoms with Gasteiger partial charge < -0.3 is 24.4 Å². The highest BCUT2D eigenvalue weighted by Gasteiger charge is 2.68.